The number of ketones is 8. The number of amides is 18. The van der Waals surface area contributed by atoms with Crippen LogP contribution in [0.25, 0.3) is 0 Å². The molecule has 128 heavy (non-hydrogen) atoms. The van der Waals surface area contributed by atoms with Gasteiger partial charge in [0, 0.05) is 192 Å². The molecular formula is C91H142N14O23. The lowest BCUT2D eigenvalue weighted by Crippen LogP contribution is -2.46. The van der Waals surface area contributed by atoms with E-state index in [9.17, 15) is 110 Å². The largest absolute Gasteiger partial charge is 0.352 e. The third-order valence-electron chi connectivity index (χ3n) is 21.3. The monoisotopic (exact) mass is 1800 g/mol. The number of primary amides is 3. The van der Waals surface area contributed by atoms with Gasteiger partial charge in [-0.1, -0.05) is 131 Å². The van der Waals surface area contributed by atoms with Crippen LogP contribution in [0.1, 0.15) is 253 Å². The maximum Gasteiger partial charge on any atom is 0.312 e. The van der Waals surface area contributed by atoms with Crippen LogP contribution in [-0.2, 0) is 95.9 Å². The van der Waals surface area contributed by atoms with Gasteiger partial charge in [-0.05, 0) is 88.9 Å². The smallest absolute Gasteiger partial charge is 0.312 e. The second kappa shape index (κ2) is 57.4. The van der Waals surface area contributed by atoms with Crippen molar-refractivity contribution in [3.63, 3.8) is 0 Å². The second-order valence-electron chi connectivity index (χ2n) is 36.2. The summed E-state index contributed by atoms with van der Waals surface area (Å²) >= 11 is 0. The topological polar surface area (TPSA) is 568 Å². The Kier molecular flexibility index (Phi) is 51.4. The lowest BCUT2D eigenvalue weighted by atomic mass is 9.78. The number of Topliss-reactive ketones (excluding diaryl/α,β-unsaturated/α-hetero) is 8. The van der Waals surface area contributed by atoms with Crippen LogP contribution in [-0.4, -0.2) is 225 Å². The summed E-state index contributed by atoms with van der Waals surface area (Å²) in [5.74, 6) is -8.35. The summed E-state index contributed by atoms with van der Waals surface area (Å²) in [5, 5.41) is 18.3. The molecule has 714 valence electrons. The van der Waals surface area contributed by atoms with E-state index in [1.54, 1.807) is 48.5 Å². The van der Waals surface area contributed by atoms with Crippen molar-refractivity contribution in [1.82, 2.24) is 56.8 Å². The van der Waals surface area contributed by atoms with Crippen LogP contribution in [0.5, 0.6) is 0 Å². The molecule has 0 bridgehead atoms. The molecule has 4 aliphatic rings. The molecule has 0 aliphatic carbocycles. The Morgan fingerprint density at radius 2 is 0.562 bits per heavy atom. The van der Waals surface area contributed by atoms with Crippen molar-refractivity contribution < 1.29 is 110 Å². The van der Waals surface area contributed by atoms with Gasteiger partial charge < -0.3 is 54.4 Å². The Balaban J connectivity index is 0.000000856. The first-order valence-corrected chi connectivity index (χ1v) is 44.2. The van der Waals surface area contributed by atoms with Crippen molar-refractivity contribution in [2.45, 2.75) is 277 Å². The zero-order chi connectivity index (χ0) is 97.8. The summed E-state index contributed by atoms with van der Waals surface area (Å²) in [5.41, 5.74) is 14.0. The average Bonchev–Trinajstić information content (AvgIpc) is 1.73. The van der Waals surface area contributed by atoms with Gasteiger partial charge in [-0.3, -0.25) is 115 Å². The van der Waals surface area contributed by atoms with E-state index >= 15 is 0 Å². The number of imide groups is 4. The summed E-state index contributed by atoms with van der Waals surface area (Å²) in [4.78, 5) is 280. The van der Waals surface area contributed by atoms with Gasteiger partial charge in [0.25, 0.3) is 47.3 Å². The van der Waals surface area contributed by atoms with Crippen LogP contribution in [0.15, 0.2) is 48.6 Å². The highest BCUT2D eigenvalue weighted by Gasteiger charge is 2.38. The molecule has 0 unspecified atom stereocenters. The van der Waals surface area contributed by atoms with Gasteiger partial charge in [0.05, 0.1) is 24.2 Å². The number of carbonyl (C=O) groups excluding carboxylic acids is 23. The van der Waals surface area contributed by atoms with Gasteiger partial charge in [-0.2, -0.15) is 0 Å². The minimum atomic E-state index is -0.813. The Bertz CT molecular complexity index is 4010. The molecule has 0 aromatic carbocycles. The molecule has 0 spiro atoms. The van der Waals surface area contributed by atoms with Gasteiger partial charge in [0.1, 0.15) is 23.1 Å². The summed E-state index contributed by atoms with van der Waals surface area (Å²) < 4.78 is 0. The lowest BCUT2D eigenvalue weighted by Gasteiger charge is -2.27. The van der Waals surface area contributed by atoms with E-state index in [1.807, 2.05) is 69.2 Å². The standard InChI is InChI=1S/C26H42N4O6.C23H36N2O5.C22H34N4O6.C20H30N4O6/c1-17(2)23(29-20(32)11-7-6-8-15-30-21(33)12-13-22(30)34)19(31)16-18(24(35)26(3,4)5)10-9-14-28-25(27)36;1-15(2)21(17(26)14-16(3)22(30)23(4,5)6)24-18(27)10-8-7-9-13-25-19(28)11-12-20(25)29;1-13(2)20(25-17(28)9-11-26-18(29)7-8-19(26)30)16(27)12-15(21(31)14(3)4)6-5-10-24-22(23)32;1-12(2)19(29)14(5-4-9-22-20(21)30)11-15(25)13(3)23-16(26)8-10-24-17(27)6-7-18(24)28/h12-13,17-18,23H,6-11,14-16H2,1-5H3,(H,29,32)(H3,27,28,36);11-12,15-16,21H,7-10,13-14H2,1-6H3,(H,24,27);7-8,13-15,20H,5-6,9-12H2,1-4H3,(H,25,28)(H3,23,24,32);6-7,12-14H,4-5,8-11H2,1-3H3,(H,23,26)(H3,21,22,30)/t18-,23+;16-,21+;15-,20+;13-,14+/m1110/s1. The predicted octanol–water partition coefficient (Wildman–Crippen LogP) is 5.82. The Morgan fingerprint density at radius 1 is 0.305 bits per heavy atom. The normalized spacial score (nSPS) is 15.5. The number of rotatable bonds is 55. The average molecular weight is 1800 g/mol. The van der Waals surface area contributed by atoms with Crippen molar-refractivity contribution >= 4 is 135 Å². The number of carbonyl (C=O) groups is 23. The highest BCUT2D eigenvalue weighted by Crippen LogP contribution is 2.29. The number of unbranched alkanes of at least 4 members (excludes halogenated alkanes) is 4. The van der Waals surface area contributed by atoms with Crippen LogP contribution >= 0.6 is 0 Å². The minimum Gasteiger partial charge on any atom is -0.352 e. The van der Waals surface area contributed by atoms with E-state index in [-0.39, 0.29) is 182 Å². The third-order valence-corrected chi connectivity index (χ3v) is 21.3. The third kappa shape index (κ3) is 43.9. The zero-order valence-electron chi connectivity index (χ0n) is 78.1. The van der Waals surface area contributed by atoms with E-state index in [0.29, 0.717) is 110 Å². The maximum atomic E-state index is 13.2. The molecule has 4 aliphatic heterocycles. The van der Waals surface area contributed by atoms with Crippen molar-refractivity contribution in [2.75, 3.05) is 45.8 Å². The summed E-state index contributed by atoms with van der Waals surface area (Å²) in [6.07, 6.45) is 16.4. The quantitative estimate of drug-likeness (QED) is 0.0253. The highest BCUT2D eigenvalue weighted by atomic mass is 16.2. The lowest BCUT2D eigenvalue weighted by molar-refractivity contribution is -0.139. The molecule has 0 aromatic heterocycles. The van der Waals surface area contributed by atoms with E-state index in [4.69, 9.17) is 17.2 Å². The van der Waals surface area contributed by atoms with Crippen molar-refractivity contribution in [1.29, 1.82) is 0 Å². The van der Waals surface area contributed by atoms with Crippen LogP contribution in [0.4, 0.5) is 14.4 Å². The van der Waals surface area contributed by atoms with Crippen molar-refractivity contribution in [3.8, 4) is 0 Å². The predicted molar refractivity (Wildman–Crippen MR) is 475 cm³/mol. The molecule has 0 aromatic rings. The van der Waals surface area contributed by atoms with Crippen LogP contribution in [0, 0.1) is 64.1 Å². The van der Waals surface area contributed by atoms with Crippen LogP contribution in [0.3, 0.4) is 0 Å². The zero-order valence-corrected chi connectivity index (χ0v) is 78.1. The first-order chi connectivity index (χ1) is 59.5. The first kappa shape index (κ1) is 115. The molecule has 0 fully saturated rings. The Morgan fingerprint density at radius 3 is 0.844 bits per heavy atom. The van der Waals surface area contributed by atoms with E-state index in [0.717, 1.165) is 34.1 Å². The minimum absolute atomic E-state index is 0.0156. The fourth-order valence-electron chi connectivity index (χ4n) is 14.2. The molecule has 0 saturated heterocycles. The number of urea groups is 3. The van der Waals surface area contributed by atoms with E-state index < -0.39 is 106 Å². The van der Waals surface area contributed by atoms with Crippen LogP contribution < -0.4 is 54.4 Å². The van der Waals surface area contributed by atoms with Gasteiger partial charge in [0.15, 0.2) is 23.1 Å². The summed E-state index contributed by atoms with van der Waals surface area (Å²) in [6, 6.07) is -4.86. The van der Waals surface area contributed by atoms with Crippen molar-refractivity contribution in [2.24, 2.45) is 81.3 Å². The summed E-state index contributed by atoms with van der Waals surface area (Å²) in [7, 11) is 0. The van der Waals surface area contributed by atoms with E-state index in [1.165, 1.54) is 41.0 Å². The maximum absolute atomic E-state index is 13.2. The molecule has 4 rings (SSSR count). The molecule has 8 atom stereocenters. The highest BCUT2D eigenvalue weighted by molar-refractivity contribution is 6.15. The second-order valence-corrected chi connectivity index (χ2v) is 36.2. The molecule has 4 heterocycles. The Labute approximate surface area is 751 Å². The van der Waals surface area contributed by atoms with Gasteiger partial charge >= 0.3 is 18.1 Å². The fourth-order valence-corrected chi connectivity index (χ4v) is 14.2. The molecule has 37 heteroatoms. The van der Waals surface area contributed by atoms with Crippen molar-refractivity contribution in [3.05, 3.63) is 48.6 Å². The number of nitrogens with one attached hydrogen (secondary N) is 7. The van der Waals surface area contributed by atoms with Gasteiger partial charge in [-0.25, -0.2) is 14.4 Å². The SMILES string of the molecule is CC(C)C(=O)[C@H](CCCNC(N)=O)CC(=O)[C@@H](NC(=O)CCN1C(=O)C=CC1=O)C(C)C.CC(C)C(=O)[C@H](CCCNC(N)=O)CC(=O)[C@H](C)NC(=O)CCN1C(=O)C=CC1=O.CC(C)[C@H](NC(=O)CCCCCN1C(=O)C=CC1=O)C(=O)C[C@@H](C)C(=O)C(C)(C)C.CC(C)[C@H](NC(=O)CCCCCN1C(=O)C=CC1=O)C(=O)C[C@@H](CCCNC(N)=O)C(=O)C(C)(C)C. The number of hydrogen-bond acceptors (Lipinski definition) is 23. The van der Waals surface area contributed by atoms with Gasteiger partial charge in [0.2, 0.25) is 23.6 Å². The number of hydrogen-bond donors (Lipinski definition) is 10. The molecule has 37 nitrogen and oxygen atoms in total. The van der Waals surface area contributed by atoms with Gasteiger partial charge in [-0.15, -0.1) is 0 Å². The first-order valence-electron chi connectivity index (χ1n) is 44.2. The molecule has 18 amide bonds. The number of nitrogens with two attached hydrogens (primary N) is 3. The molecule has 0 saturated carbocycles. The summed E-state index contributed by atoms with van der Waals surface area (Å²) in [6.45, 7) is 33.7. The fraction of sp³-hybridized carbons (Fsp3) is 0.659. The van der Waals surface area contributed by atoms with E-state index in [2.05, 4.69) is 37.2 Å². The molecular weight excluding hydrogens is 1660 g/mol. The molecule has 13 N–H and O–H groups in total. The Hall–Kier alpha value is -11.4. The molecule has 0 radical (unpaired) electrons. The van der Waals surface area contributed by atoms with Crippen LogP contribution in [0.2, 0.25) is 0 Å². The number of nitrogens with zero attached hydrogens (tertiary/aromatic N) is 4.